The third kappa shape index (κ3) is 11.2. The number of aromatic nitrogens is 6. The van der Waals surface area contributed by atoms with Gasteiger partial charge in [0.15, 0.2) is 34.9 Å². The van der Waals surface area contributed by atoms with Gasteiger partial charge in [-0.05, 0) is 135 Å². The lowest BCUT2D eigenvalue weighted by Crippen LogP contribution is -2.28. The van der Waals surface area contributed by atoms with Gasteiger partial charge in [0.2, 0.25) is 0 Å². The first-order valence-corrected chi connectivity index (χ1v) is 37.5. The molecule has 3 aliphatic carbocycles. The van der Waals surface area contributed by atoms with Crippen molar-refractivity contribution in [3.8, 4) is 146 Å². The monoisotopic (exact) mass is 1400 g/mol. The molecule has 514 valence electrons. The van der Waals surface area contributed by atoms with Gasteiger partial charge in [0, 0.05) is 33.4 Å². The van der Waals surface area contributed by atoms with Crippen LogP contribution < -0.4 is 0 Å². The van der Waals surface area contributed by atoms with Crippen LogP contribution in [-0.2, 0) is 10.8 Å². The molecule has 2 aromatic heterocycles. The number of rotatable bonds is 12. The Labute approximate surface area is 639 Å². The molecule has 16 aromatic carbocycles. The van der Waals surface area contributed by atoms with E-state index in [1.165, 1.54) is 100 Å². The normalized spacial score (nSPS) is 12.7. The Balaban J connectivity index is 0.000000144. The maximum Gasteiger partial charge on any atom is 0.164 e. The minimum atomic E-state index is -0.422. The van der Waals surface area contributed by atoms with Crippen molar-refractivity contribution in [3.05, 3.63) is 457 Å². The summed E-state index contributed by atoms with van der Waals surface area (Å²) < 4.78 is 0. The predicted octanol–water partition coefficient (Wildman–Crippen LogP) is 25.1. The van der Waals surface area contributed by atoms with Gasteiger partial charge in [0.1, 0.15) is 0 Å². The molecule has 0 saturated carbocycles. The number of hydrogen-bond donors (Lipinski definition) is 0. The molecule has 3 aliphatic rings. The minimum Gasteiger partial charge on any atom is -0.208 e. The summed E-state index contributed by atoms with van der Waals surface area (Å²) >= 11 is 0. The molecule has 0 aliphatic heterocycles. The fourth-order valence-electron chi connectivity index (χ4n) is 17.1. The summed E-state index contributed by atoms with van der Waals surface area (Å²) in [4.78, 5) is 29.3. The molecule has 0 N–H and O–H groups in total. The number of hydrogen-bond acceptors (Lipinski definition) is 6. The average molecular weight is 1400 g/mol. The second kappa shape index (κ2) is 27.5. The molecule has 6 nitrogen and oxygen atoms in total. The Hall–Kier alpha value is -14.5. The van der Waals surface area contributed by atoms with Gasteiger partial charge < -0.3 is 0 Å². The lowest BCUT2D eigenvalue weighted by Gasteiger charge is -2.34. The number of fused-ring (bicyclic) bond motifs is 13. The first kappa shape index (κ1) is 65.1. The van der Waals surface area contributed by atoms with Crippen LogP contribution in [-0.4, -0.2) is 29.9 Å². The van der Waals surface area contributed by atoms with Crippen LogP contribution in [0.4, 0.5) is 0 Å². The predicted molar refractivity (Wildman–Crippen MR) is 448 cm³/mol. The lowest BCUT2D eigenvalue weighted by atomic mass is 9.67. The molecule has 0 amide bonds. The number of nitrogens with zero attached hydrogens (tertiary/aromatic N) is 6. The van der Waals surface area contributed by atoms with Crippen molar-refractivity contribution in [1.29, 1.82) is 0 Å². The highest BCUT2D eigenvalue weighted by Gasteiger charge is 2.52. The van der Waals surface area contributed by atoms with Crippen molar-refractivity contribution in [3.63, 3.8) is 0 Å². The number of benzene rings is 16. The standard InChI is InChI=1S/C52H33N3.C52H35N3/c1-3-13-37(14-4-1)49-53-50(38-15-5-2-6-16-38)55-51(54-49)39-29-27-35(28-30-39)34-23-25-36(26-24-34)40-31-32-44-43-19-9-12-22-47(43)52(48(44)33-40)45-20-10-7-17-41(45)42-18-8-11-21-46(42)52;1-5-15-39(16-6-1)49-53-50(40-17-7-2-8-18-40)55-51(54-49)41-31-29-37(30-32-41)36-25-27-38(28-26-36)42-33-34-46-45-23-13-14-24-47(45)52(48(46)35-42,43-19-9-3-10-20-43)44-21-11-4-12-22-44/h1-33H;1-35H. The van der Waals surface area contributed by atoms with E-state index in [0.717, 1.165) is 55.6 Å². The largest absolute Gasteiger partial charge is 0.208 e. The van der Waals surface area contributed by atoms with E-state index >= 15 is 0 Å². The van der Waals surface area contributed by atoms with Gasteiger partial charge in [0.05, 0.1) is 10.8 Å². The SMILES string of the molecule is c1ccc(-c2nc(-c3ccccc3)nc(-c3ccc(-c4ccc(-c5ccc6c(c5)C(c5ccccc5)(c5ccccc5)c5ccccc5-6)cc4)cc3)n2)cc1.c1ccc(-c2nc(-c3ccccc3)nc(-c3ccc(-c4ccc(-c5ccc6c(c5)C5(c7ccccc7-c7ccccc75)c5ccccc5-6)cc4)cc3)n2)cc1. The molecule has 18 aromatic rings. The van der Waals surface area contributed by atoms with Crippen molar-refractivity contribution in [1.82, 2.24) is 29.9 Å². The summed E-state index contributed by atoms with van der Waals surface area (Å²) in [5.74, 6) is 3.93. The fourth-order valence-corrected chi connectivity index (χ4v) is 17.1. The van der Waals surface area contributed by atoms with Gasteiger partial charge in [-0.15, -0.1) is 0 Å². The van der Waals surface area contributed by atoms with Crippen molar-refractivity contribution in [2.45, 2.75) is 10.8 Å². The molecule has 0 bridgehead atoms. The fraction of sp³-hybridized carbons (Fsp3) is 0.0192. The maximum absolute atomic E-state index is 4.91. The van der Waals surface area contributed by atoms with Crippen LogP contribution in [0.1, 0.15) is 44.5 Å². The molecule has 110 heavy (non-hydrogen) atoms. The summed E-state index contributed by atoms with van der Waals surface area (Å²) in [6.45, 7) is 0. The Morgan fingerprint density at radius 2 is 0.309 bits per heavy atom. The van der Waals surface area contributed by atoms with Crippen LogP contribution in [0.2, 0.25) is 0 Å². The van der Waals surface area contributed by atoms with Gasteiger partial charge >= 0.3 is 0 Å². The Bertz CT molecular complexity index is 5920. The minimum absolute atomic E-state index is 0.348. The Kier molecular flexibility index (Phi) is 16.3. The van der Waals surface area contributed by atoms with E-state index in [-0.39, 0.29) is 5.41 Å². The van der Waals surface area contributed by atoms with Gasteiger partial charge in [-0.2, -0.15) is 0 Å². The highest BCUT2D eigenvalue weighted by atomic mass is 15.0. The lowest BCUT2D eigenvalue weighted by molar-refractivity contribution is 0.769. The molecular weight excluding hydrogens is 1330 g/mol. The summed E-state index contributed by atoms with van der Waals surface area (Å²) in [5, 5.41) is 0. The molecule has 0 radical (unpaired) electrons. The Morgan fingerprint density at radius 3 is 0.582 bits per heavy atom. The van der Waals surface area contributed by atoms with E-state index in [1.54, 1.807) is 0 Å². The maximum atomic E-state index is 4.91. The first-order valence-electron chi connectivity index (χ1n) is 37.5. The summed E-state index contributed by atoms with van der Waals surface area (Å²) in [5.41, 5.74) is 32.8. The summed E-state index contributed by atoms with van der Waals surface area (Å²) in [6.07, 6.45) is 0. The molecule has 1 spiro atoms. The zero-order valence-corrected chi connectivity index (χ0v) is 59.9. The van der Waals surface area contributed by atoms with E-state index < -0.39 is 5.41 Å². The topological polar surface area (TPSA) is 77.3 Å². The molecule has 0 unspecified atom stereocenters. The zero-order valence-electron chi connectivity index (χ0n) is 59.9. The molecule has 21 rings (SSSR count). The van der Waals surface area contributed by atoms with E-state index in [0.29, 0.717) is 34.9 Å². The summed E-state index contributed by atoms with van der Waals surface area (Å²) in [7, 11) is 0. The third-order valence-electron chi connectivity index (χ3n) is 22.2. The highest BCUT2D eigenvalue weighted by molar-refractivity contribution is 5.96. The van der Waals surface area contributed by atoms with E-state index in [1.807, 2.05) is 121 Å². The third-order valence-corrected chi connectivity index (χ3v) is 22.2. The molecule has 0 atom stereocenters. The van der Waals surface area contributed by atoms with E-state index in [2.05, 4.69) is 291 Å². The highest BCUT2D eigenvalue weighted by Crippen LogP contribution is 2.63. The smallest absolute Gasteiger partial charge is 0.164 e. The molecular formula is C104H68N6. The van der Waals surface area contributed by atoms with Crippen molar-refractivity contribution < 1.29 is 0 Å². The van der Waals surface area contributed by atoms with Crippen molar-refractivity contribution in [2.75, 3.05) is 0 Å². The zero-order chi connectivity index (χ0) is 73.0. The van der Waals surface area contributed by atoms with Crippen LogP contribution in [0.5, 0.6) is 0 Å². The van der Waals surface area contributed by atoms with Crippen molar-refractivity contribution >= 4 is 0 Å². The summed E-state index contributed by atoms with van der Waals surface area (Å²) in [6, 6.07) is 147. The van der Waals surface area contributed by atoms with Gasteiger partial charge in [0.25, 0.3) is 0 Å². The van der Waals surface area contributed by atoms with Gasteiger partial charge in [-0.1, -0.05) is 400 Å². The molecule has 6 heteroatoms. The van der Waals surface area contributed by atoms with Crippen LogP contribution in [0.25, 0.3) is 146 Å². The average Bonchev–Trinajstić information content (AvgIpc) is 1.51. The van der Waals surface area contributed by atoms with E-state index in [4.69, 9.17) is 29.9 Å². The first-order chi connectivity index (χ1) is 54.5. The molecule has 0 saturated heterocycles. The van der Waals surface area contributed by atoms with Gasteiger partial charge in [-0.3, -0.25) is 0 Å². The van der Waals surface area contributed by atoms with Crippen LogP contribution >= 0.6 is 0 Å². The Morgan fingerprint density at radius 1 is 0.127 bits per heavy atom. The van der Waals surface area contributed by atoms with Crippen molar-refractivity contribution in [2.24, 2.45) is 0 Å². The van der Waals surface area contributed by atoms with Gasteiger partial charge in [-0.25, -0.2) is 29.9 Å². The quantitative estimate of drug-likeness (QED) is 0.121. The van der Waals surface area contributed by atoms with E-state index in [9.17, 15) is 0 Å². The van der Waals surface area contributed by atoms with Crippen LogP contribution in [0.15, 0.2) is 413 Å². The second-order valence-corrected chi connectivity index (χ2v) is 28.3. The van der Waals surface area contributed by atoms with Crippen LogP contribution in [0.3, 0.4) is 0 Å². The van der Waals surface area contributed by atoms with Crippen LogP contribution in [0, 0.1) is 0 Å². The second-order valence-electron chi connectivity index (χ2n) is 28.3. The molecule has 0 fully saturated rings. The molecule has 2 heterocycles.